The average Bonchev–Trinajstić information content (AvgIpc) is 2.28. The molecule has 1 amide bonds. The number of nitrogens with two attached hydrogens (primary N) is 1. The number of ketones is 1. The standard InChI is InChI=1S/C11H14N2O5S/c12-9-3-1-8(2-4-9)10(14)7-19(17,18)6-5-13-11(15)16/h1-4,13H,5-7,12H2,(H,15,16). The molecule has 0 unspecified atom stereocenters. The number of rotatable bonds is 6. The van der Waals surface area contributed by atoms with E-state index >= 15 is 0 Å². The van der Waals surface area contributed by atoms with Crippen LogP contribution in [0.4, 0.5) is 10.5 Å². The zero-order valence-electron chi connectivity index (χ0n) is 10.00. The molecule has 19 heavy (non-hydrogen) atoms. The SMILES string of the molecule is Nc1ccc(C(=O)CS(=O)(=O)CCNC(=O)O)cc1. The number of nitrogen functional groups attached to an aromatic ring is 1. The molecule has 0 saturated heterocycles. The minimum Gasteiger partial charge on any atom is -0.465 e. The van der Waals surface area contributed by atoms with Crippen molar-refractivity contribution < 1.29 is 23.1 Å². The molecule has 0 atom stereocenters. The van der Waals surface area contributed by atoms with Gasteiger partial charge in [0, 0.05) is 17.8 Å². The first-order valence-electron chi connectivity index (χ1n) is 5.36. The van der Waals surface area contributed by atoms with Gasteiger partial charge in [0.25, 0.3) is 0 Å². The first-order valence-corrected chi connectivity index (χ1v) is 7.18. The minimum atomic E-state index is -3.64. The summed E-state index contributed by atoms with van der Waals surface area (Å²) in [7, 11) is -3.64. The van der Waals surface area contributed by atoms with Crippen LogP contribution in [0.15, 0.2) is 24.3 Å². The molecule has 0 fully saturated rings. The number of nitrogens with one attached hydrogen (secondary N) is 1. The van der Waals surface area contributed by atoms with Crippen LogP contribution in [0.5, 0.6) is 0 Å². The molecular formula is C11H14N2O5S. The molecule has 0 radical (unpaired) electrons. The van der Waals surface area contributed by atoms with Gasteiger partial charge in [0.15, 0.2) is 15.6 Å². The number of anilines is 1. The van der Waals surface area contributed by atoms with Gasteiger partial charge in [-0.1, -0.05) is 0 Å². The van der Waals surface area contributed by atoms with E-state index < -0.39 is 33.2 Å². The number of carbonyl (C=O) groups excluding carboxylic acids is 1. The summed E-state index contributed by atoms with van der Waals surface area (Å²) < 4.78 is 23.2. The normalized spacial score (nSPS) is 10.9. The van der Waals surface area contributed by atoms with Gasteiger partial charge in [0.1, 0.15) is 5.75 Å². The van der Waals surface area contributed by atoms with Crippen molar-refractivity contribution in [1.29, 1.82) is 0 Å². The molecular weight excluding hydrogens is 272 g/mol. The number of carboxylic acid groups (broad SMARTS) is 1. The van der Waals surface area contributed by atoms with Crippen LogP contribution < -0.4 is 11.1 Å². The van der Waals surface area contributed by atoms with Crippen molar-refractivity contribution in [1.82, 2.24) is 5.32 Å². The highest BCUT2D eigenvalue weighted by Crippen LogP contribution is 2.07. The molecule has 4 N–H and O–H groups in total. The molecule has 0 bridgehead atoms. The molecule has 0 aliphatic rings. The third-order valence-corrected chi connectivity index (χ3v) is 3.80. The van der Waals surface area contributed by atoms with Crippen LogP contribution in [0.25, 0.3) is 0 Å². The lowest BCUT2D eigenvalue weighted by Gasteiger charge is -2.04. The monoisotopic (exact) mass is 286 g/mol. The fourth-order valence-corrected chi connectivity index (χ4v) is 2.46. The molecule has 0 aliphatic heterocycles. The van der Waals surface area contributed by atoms with Crippen LogP contribution in [0.2, 0.25) is 0 Å². The van der Waals surface area contributed by atoms with Crippen LogP contribution in [-0.4, -0.2) is 43.5 Å². The molecule has 0 spiro atoms. The van der Waals surface area contributed by atoms with E-state index in [-0.39, 0.29) is 12.1 Å². The van der Waals surface area contributed by atoms with E-state index in [4.69, 9.17) is 10.8 Å². The Bertz CT molecular complexity index is 565. The molecule has 0 aliphatic carbocycles. The van der Waals surface area contributed by atoms with Crippen molar-refractivity contribution in [3.05, 3.63) is 29.8 Å². The van der Waals surface area contributed by atoms with E-state index in [9.17, 15) is 18.0 Å². The average molecular weight is 286 g/mol. The maximum atomic E-state index is 11.7. The van der Waals surface area contributed by atoms with Gasteiger partial charge in [0.2, 0.25) is 0 Å². The van der Waals surface area contributed by atoms with E-state index in [0.29, 0.717) is 5.69 Å². The third-order valence-electron chi connectivity index (χ3n) is 2.27. The van der Waals surface area contributed by atoms with E-state index in [1.54, 1.807) is 0 Å². The minimum absolute atomic E-state index is 0.243. The summed E-state index contributed by atoms with van der Waals surface area (Å²) in [5, 5.41) is 10.2. The molecule has 0 aromatic heterocycles. The van der Waals surface area contributed by atoms with Gasteiger partial charge < -0.3 is 16.2 Å². The lowest BCUT2D eigenvalue weighted by atomic mass is 10.1. The Kier molecular flexibility index (Phi) is 4.87. The Balaban J connectivity index is 2.60. The summed E-state index contributed by atoms with van der Waals surface area (Å²) in [6.07, 6.45) is -1.31. The predicted octanol–water partition coefficient (Wildman–Crippen LogP) is 0.134. The van der Waals surface area contributed by atoms with E-state index in [2.05, 4.69) is 0 Å². The Morgan fingerprint density at radius 3 is 2.32 bits per heavy atom. The van der Waals surface area contributed by atoms with Gasteiger partial charge in [-0.05, 0) is 24.3 Å². The first-order chi connectivity index (χ1) is 8.80. The second-order valence-electron chi connectivity index (χ2n) is 3.87. The predicted molar refractivity (Wildman–Crippen MR) is 69.9 cm³/mol. The number of hydrogen-bond donors (Lipinski definition) is 3. The van der Waals surface area contributed by atoms with Gasteiger partial charge in [-0.3, -0.25) is 4.79 Å². The Morgan fingerprint density at radius 1 is 1.21 bits per heavy atom. The number of Topliss-reactive ketones (excluding diaryl/α,β-unsaturated/α-hetero) is 1. The van der Waals surface area contributed by atoms with Crippen LogP contribution in [-0.2, 0) is 9.84 Å². The molecule has 0 saturated carbocycles. The molecule has 8 heteroatoms. The van der Waals surface area contributed by atoms with Crippen molar-refractivity contribution in [2.45, 2.75) is 0 Å². The Morgan fingerprint density at radius 2 is 1.79 bits per heavy atom. The number of sulfone groups is 1. The van der Waals surface area contributed by atoms with Crippen molar-refractivity contribution in [2.75, 3.05) is 23.8 Å². The number of hydrogen-bond acceptors (Lipinski definition) is 5. The van der Waals surface area contributed by atoms with E-state index in [1.165, 1.54) is 24.3 Å². The third kappa shape index (κ3) is 5.38. The number of amides is 1. The second-order valence-corrected chi connectivity index (χ2v) is 6.05. The summed E-state index contributed by atoms with van der Waals surface area (Å²) in [6.45, 7) is -0.243. The molecule has 1 aromatic rings. The quantitative estimate of drug-likeness (QED) is 0.504. The number of carbonyl (C=O) groups is 2. The highest BCUT2D eigenvalue weighted by Gasteiger charge is 2.18. The lowest BCUT2D eigenvalue weighted by molar-refractivity contribution is 0.102. The fourth-order valence-electron chi connectivity index (χ4n) is 1.34. The molecule has 0 heterocycles. The van der Waals surface area contributed by atoms with Crippen LogP contribution in [0.1, 0.15) is 10.4 Å². The molecule has 104 valence electrons. The van der Waals surface area contributed by atoms with Gasteiger partial charge in [-0.15, -0.1) is 0 Å². The summed E-state index contributed by atoms with van der Waals surface area (Å²) in [5.74, 6) is -1.62. The largest absolute Gasteiger partial charge is 0.465 e. The Labute approximate surface area is 110 Å². The van der Waals surface area contributed by atoms with Gasteiger partial charge in [-0.25, -0.2) is 13.2 Å². The number of benzene rings is 1. The van der Waals surface area contributed by atoms with Gasteiger partial charge in [-0.2, -0.15) is 0 Å². The fraction of sp³-hybridized carbons (Fsp3) is 0.273. The van der Waals surface area contributed by atoms with E-state index in [1.807, 2.05) is 5.32 Å². The lowest BCUT2D eigenvalue weighted by Crippen LogP contribution is -2.30. The van der Waals surface area contributed by atoms with Crippen molar-refractivity contribution in [2.24, 2.45) is 0 Å². The summed E-state index contributed by atoms with van der Waals surface area (Å²) in [4.78, 5) is 21.9. The van der Waals surface area contributed by atoms with Crippen molar-refractivity contribution in [3.8, 4) is 0 Å². The maximum absolute atomic E-state index is 11.7. The highest BCUT2D eigenvalue weighted by molar-refractivity contribution is 7.92. The second kappa shape index (κ2) is 6.19. The van der Waals surface area contributed by atoms with Crippen molar-refractivity contribution in [3.63, 3.8) is 0 Å². The highest BCUT2D eigenvalue weighted by atomic mass is 32.2. The van der Waals surface area contributed by atoms with Crippen LogP contribution in [0.3, 0.4) is 0 Å². The topological polar surface area (TPSA) is 127 Å². The zero-order chi connectivity index (χ0) is 14.5. The van der Waals surface area contributed by atoms with Crippen LogP contribution >= 0.6 is 0 Å². The van der Waals surface area contributed by atoms with Crippen molar-refractivity contribution >= 4 is 27.4 Å². The van der Waals surface area contributed by atoms with E-state index in [0.717, 1.165) is 0 Å². The smallest absolute Gasteiger partial charge is 0.404 e. The van der Waals surface area contributed by atoms with Gasteiger partial charge >= 0.3 is 6.09 Å². The molecule has 1 aromatic carbocycles. The first kappa shape index (κ1) is 15.0. The maximum Gasteiger partial charge on any atom is 0.404 e. The summed E-state index contributed by atoms with van der Waals surface area (Å²) >= 11 is 0. The molecule has 1 rings (SSSR count). The van der Waals surface area contributed by atoms with Crippen LogP contribution in [0, 0.1) is 0 Å². The van der Waals surface area contributed by atoms with Gasteiger partial charge in [0.05, 0.1) is 5.75 Å². The summed E-state index contributed by atoms with van der Waals surface area (Å²) in [6, 6.07) is 5.91. The summed E-state index contributed by atoms with van der Waals surface area (Å²) in [5.41, 5.74) is 6.19. The zero-order valence-corrected chi connectivity index (χ0v) is 10.8. The molecule has 7 nitrogen and oxygen atoms in total. The Hall–Kier alpha value is -2.09.